The summed E-state index contributed by atoms with van der Waals surface area (Å²) in [6.45, 7) is 0.323. The van der Waals surface area contributed by atoms with Crippen molar-refractivity contribution >= 4 is 0 Å². The summed E-state index contributed by atoms with van der Waals surface area (Å²) in [5.41, 5.74) is 5.49. The molecule has 0 spiro atoms. The molecule has 1 fully saturated rings. The first-order valence-electron chi connectivity index (χ1n) is 4.87. The SMILES string of the molecule is COc1c(F)ccc(F)c1C1(CN)CC1. The molecule has 0 radical (unpaired) electrons. The first kappa shape index (κ1) is 10.4. The van der Waals surface area contributed by atoms with Gasteiger partial charge in [0.2, 0.25) is 0 Å². The lowest BCUT2D eigenvalue weighted by Gasteiger charge is -2.18. The van der Waals surface area contributed by atoms with Crippen molar-refractivity contribution in [2.45, 2.75) is 18.3 Å². The van der Waals surface area contributed by atoms with Gasteiger partial charge in [0.05, 0.1) is 7.11 Å². The summed E-state index contributed by atoms with van der Waals surface area (Å²) in [5, 5.41) is 0. The maximum absolute atomic E-state index is 13.6. The Labute approximate surface area is 87.0 Å². The van der Waals surface area contributed by atoms with Crippen LogP contribution in [0.5, 0.6) is 5.75 Å². The maximum Gasteiger partial charge on any atom is 0.165 e. The highest BCUT2D eigenvalue weighted by Gasteiger charge is 2.47. The van der Waals surface area contributed by atoms with Crippen molar-refractivity contribution in [3.05, 3.63) is 29.3 Å². The monoisotopic (exact) mass is 213 g/mol. The van der Waals surface area contributed by atoms with Gasteiger partial charge in [-0.3, -0.25) is 0 Å². The minimum atomic E-state index is -0.534. The summed E-state index contributed by atoms with van der Waals surface area (Å²) < 4.78 is 31.9. The van der Waals surface area contributed by atoms with Gasteiger partial charge in [-0.05, 0) is 25.0 Å². The number of hydrogen-bond donors (Lipinski definition) is 1. The van der Waals surface area contributed by atoms with E-state index in [1.165, 1.54) is 7.11 Å². The van der Waals surface area contributed by atoms with Crippen LogP contribution >= 0.6 is 0 Å². The van der Waals surface area contributed by atoms with Crippen molar-refractivity contribution < 1.29 is 13.5 Å². The van der Waals surface area contributed by atoms with Crippen LogP contribution < -0.4 is 10.5 Å². The Morgan fingerprint density at radius 3 is 2.40 bits per heavy atom. The molecule has 1 saturated carbocycles. The van der Waals surface area contributed by atoms with Crippen LogP contribution in [0, 0.1) is 11.6 Å². The van der Waals surface area contributed by atoms with Gasteiger partial charge < -0.3 is 10.5 Å². The molecule has 0 heterocycles. The van der Waals surface area contributed by atoms with E-state index in [1.54, 1.807) is 0 Å². The van der Waals surface area contributed by atoms with E-state index in [0.717, 1.165) is 25.0 Å². The lowest BCUT2D eigenvalue weighted by atomic mass is 9.94. The number of halogens is 2. The highest BCUT2D eigenvalue weighted by Crippen LogP contribution is 2.51. The number of rotatable bonds is 3. The fraction of sp³-hybridized carbons (Fsp3) is 0.455. The third-order valence-electron chi connectivity index (χ3n) is 3.04. The minimum Gasteiger partial charge on any atom is -0.493 e. The Morgan fingerprint density at radius 1 is 1.33 bits per heavy atom. The molecule has 0 saturated heterocycles. The molecular weight excluding hydrogens is 200 g/mol. The van der Waals surface area contributed by atoms with Gasteiger partial charge in [-0.1, -0.05) is 0 Å². The molecular formula is C11H13F2NO. The average Bonchev–Trinajstić information content (AvgIpc) is 3.01. The normalized spacial score (nSPS) is 17.6. The lowest BCUT2D eigenvalue weighted by Crippen LogP contribution is -2.22. The Hall–Kier alpha value is -1.16. The third kappa shape index (κ3) is 1.49. The van der Waals surface area contributed by atoms with E-state index in [2.05, 4.69) is 0 Å². The molecule has 2 nitrogen and oxygen atoms in total. The van der Waals surface area contributed by atoms with E-state index in [-0.39, 0.29) is 5.75 Å². The molecule has 0 amide bonds. The van der Waals surface area contributed by atoms with Gasteiger partial charge >= 0.3 is 0 Å². The van der Waals surface area contributed by atoms with Gasteiger partial charge in [0.25, 0.3) is 0 Å². The average molecular weight is 213 g/mol. The Morgan fingerprint density at radius 2 is 1.93 bits per heavy atom. The van der Waals surface area contributed by atoms with Crippen LogP contribution in [0.4, 0.5) is 8.78 Å². The van der Waals surface area contributed by atoms with Gasteiger partial charge in [-0.25, -0.2) is 8.78 Å². The zero-order valence-corrected chi connectivity index (χ0v) is 8.52. The predicted octanol–water partition coefficient (Wildman–Crippen LogP) is 1.96. The van der Waals surface area contributed by atoms with Gasteiger partial charge in [-0.2, -0.15) is 0 Å². The second-order valence-electron chi connectivity index (χ2n) is 3.92. The molecule has 1 aliphatic rings. The standard InChI is InChI=1S/C11H13F2NO/c1-15-10-8(13)3-2-7(12)9(10)11(6-14)4-5-11/h2-3H,4-6,14H2,1H3. The highest BCUT2D eigenvalue weighted by molar-refractivity contribution is 5.45. The topological polar surface area (TPSA) is 35.2 Å². The molecule has 15 heavy (non-hydrogen) atoms. The molecule has 0 aliphatic heterocycles. The zero-order valence-electron chi connectivity index (χ0n) is 8.52. The Kier molecular flexibility index (Phi) is 2.38. The first-order valence-corrected chi connectivity index (χ1v) is 4.87. The fourth-order valence-electron chi connectivity index (χ4n) is 1.93. The van der Waals surface area contributed by atoms with Crippen molar-refractivity contribution in [1.82, 2.24) is 0 Å². The predicted molar refractivity (Wildman–Crippen MR) is 52.9 cm³/mol. The van der Waals surface area contributed by atoms with E-state index in [0.29, 0.717) is 12.1 Å². The van der Waals surface area contributed by atoms with E-state index >= 15 is 0 Å². The molecule has 0 unspecified atom stereocenters. The number of hydrogen-bond acceptors (Lipinski definition) is 2. The van der Waals surface area contributed by atoms with Crippen molar-refractivity contribution in [2.75, 3.05) is 13.7 Å². The van der Waals surface area contributed by atoms with Crippen LogP contribution in [0.25, 0.3) is 0 Å². The summed E-state index contributed by atoms with van der Waals surface area (Å²) in [7, 11) is 1.34. The van der Waals surface area contributed by atoms with E-state index in [1.807, 2.05) is 0 Å². The first-order chi connectivity index (χ1) is 7.14. The molecule has 1 aliphatic carbocycles. The van der Waals surface area contributed by atoms with E-state index < -0.39 is 17.0 Å². The van der Waals surface area contributed by atoms with Crippen LogP contribution in [-0.4, -0.2) is 13.7 Å². The van der Waals surface area contributed by atoms with Gasteiger partial charge in [0.15, 0.2) is 11.6 Å². The second kappa shape index (κ2) is 3.45. The summed E-state index contributed by atoms with van der Waals surface area (Å²) >= 11 is 0. The molecule has 1 aromatic rings. The number of benzene rings is 1. The van der Waals surface area contributed by atoms with Crippen LogP contribution in [0.1, 0.15) is 18.4 Å². The van der Waals surface area contributed by atoms with Crippen molar-refractivity contribution in [2.24, 2.45) is 5.73 Å². The molecule has 2 N–H and O–H groups in total. The Bertz CT molecular complexity index is 388. The molecule has 4 heteroatoms. The van der Waals surface area contributed by atoms with Gasteiger partial charge in [0, 0.05) is 17.5 Å². The van der Waals surface area contributed by atoms with Crippen molar-refractivity contribution in [1.29, 1.82) is 0 Å². The molecule has 2 rings (SSSR count). The van der Waals surface area contributed by atoms with Crippen LogP contribution in [0.3, 0.4) is 0 Å². The molecule has 82 valence electrons. The van der Waals surface area contributed by atoms with Crippen LogP contribution in [-0.2, 0) is 5.41 Å². The largest absolute Gasteiger partial charge is 0.493 e. The smallest absolute Gasteiger partial charge is 0.165 e. The zero-order chi connectivity index (χ0) is 11.1. The molecule has 0 bridgehead atoms. The number of nitrogens with two attached hydrogens (primary N) is 1. The fourth-order valence-corrected chi connectivity index (χ4v) is 1.93. The van der Waals surface area contributed by atoms with Crippen LogP contribution in [0.15, 0.2) is 12.1 Å². The highest BCUT2D eigenvalue weighted by atomic mass is 19.1. The quantitative estimate of drug-likeness (QED) is 0.833. The van der Waals surface area contributed by atoms with Crippen molar-refractivity contribution in [3.63, 3.8) is 0 Å². The van der Waals surface area contributed by atoms with E-state index in [4.69, 9.17) is 10.5 Å². The molecule has 0 aromatic heterocycles. The number of methoxy groups -OCH3 is 1. The molecule has 0 atom stereocenters. The summed E-state index contributed by atoms with van der Waals surface area (Å²) in [6.07, 6.45) is 1.58. The van der Waals surface area contributed by atoms with Gasteiger partial charge in [-0.15, -0.1) is 0 Å². The second-order valence-corrected chi connectivity index (χ2v) is 3.92. The van der Waals surface area contributed by atoms with E-state index in [9.17, 15) is 8.78 Å². The van der Waals surface area contributed by atoms with Crippen molar-refractivity contribution in [3.8, 4) is 5.75 Å². The lowest BCUT2D eigenvalue weighted by molar-refractivity contribution is 0.369. The third-order valence-corrected chi connectivity index (χ3v) is 3.04. The van der Waals surface area contributed by atoms with Gasteiger partial charge in [0.1, 0.15) is 5.82 Å². The maximum atomic E-state index is 13.6. The minimum absolute atomic E-state index is 0.00190. The summed E-state index contributed by atoms with van der Waals surface area (Å²) in [5.74, 6) is -0.970. The van der Waals surface area contributed by atoms with Crippen LogP contribution in [0.2, 0.25) is 0 Å². The summed E-state index contributed by atoms with van der Waals surface area (Å²) in [4.78, 5) is 0. The summed E-state index contributed by atoms with van der Waals surface area (Å²) in [6, 6.07) is 2.20. The Balaban J connectivity index is 2.58. The number of ether oxygens (including phenoxy) is 1. The molecule has 1 aromatic carbocycles.